The monoisotopic (exact) mass is 487 g/mol. The van der Waals surface area contributed by atoms with E-state index in [9.17, 15) is 9.59 Å². The molecule has 0 unspecified atom stereocenters. The topological polar surface area (TPSA) is 89.3 Å². The molecule has 10 heteroatoms. The van der Waals surface area contributed by atoms with Crippen LogP contribution in [-0.2, 0) is 11.3 Å². The average Bonchev–Trinajstić information content (AvgIpc) is 3.24. The van der Waals surface area contributed by atoms with E-state index < -0.39 is 0 Å². The molecule has 1 saturated heterocycles. The third-order valence-corrected chi connectivity index (χ3v) is 7.70. The van der Waals surface area contributed by atoms with Crippen LogP contribution >= 0.6 is 23.1 Å². The number of hydrogen-bond donors (Lipinski definition) is 1. The molecule has 0 aliphatic carbocycles. The standard InChI is InChI=1S/C23H29N5O3S2/c1-4-28-21(30)19-20(25-22(33-19)27-12-10-15(3)11-13-27)26-23(28)32-14-18(29)24-16-8-6-7-9-17(16)31-5-2/h6-9,15H,4-5,10-14H2,1-3H3,(H,24,29). The molecule has 1 aliphatic heterocycles. The number of nitrogens with one attached hydrogen (secondary N) is 1. The lowest BCUT2D eigenvalue weighted by Crippen LogP contribution is -2.32. The van der Waals surface area contributed by atoms with Crippen LogP contribution in [0.1, 0.15) is 33.6 Å². The van der Waals surface area contributed by atoms with Crippen molar-refractivity contribution in [1.82, 2.24) is 14.5 Å². The largest absolute Gasteiger partial charge is 0.492 e. The maximum atomic E-state index is 13.1. The van der Waals surface area contributed by atoms with Gasteiger partial charge in [-0.25, -0.2) is 4.98 Å². The summed E-state index contributed by atoms with van der Waals surface area (Å²) in [4.78, 5) is 37.3. The van der Waals surface area contributed by atoms with Crippen molar-refractivity contribution >= 4 is 50.2 Å². The summed E-state index contributed by atoms with van der Waals surface area (Å²) in [6, 6.07) is 7.33. The van der Waals surface area contributed by atoms with Gasteiger partial charge in [-0.05, 0) is 44.7 Å². The second-order valence-electron chi connectivity index (χ2n) is 8.03. The molecule has 0 bridgehead atoms. The highest BCUT2D eigenvalue weighted by atomic mass is 32.2. The fourth-order valence-corrected chi connectivity index (χ4v) is 5.63. The molecular weight excluding hydrogens is 458 g/mol. The quantitative estimate of drug-likeness (QED) is 0.375. The van der Waals surface area contributed by atoms with E-state index in [0.29, 0.717) is 40.1 Å². The van der Waals surface area contributed by atoms with Gasteiger partial charge in [0.2, 0.25) is 5.91 Å². The molecule has 0 spiro atoms. The Morgan fingerprint density at radius 2 is 2.00 bits per heavy atom. The highest BCUT2D eigenvalue weighted by Crippen LogP contribution is 2.30. The Kier molecular flexibility index (Phi) is 7.54. The number of hydrogen-bond acceptors (Lipinski definition) is 8. The third-order valence-electron chi connectivity index (χ3n) is 5.63. The van der Waals surface area contributed by atoms with Crippen LogP contribution in [0.2, 0.25) is 0 Å². The summed E-state index contributed by atoms with van der Waals surface area (Å²) >= 11 is 2.66. The van der Waals surface area contributed by atoms with Gasteiger partial charge >= 0.3 is 0 Å². The van der Waals surface area contributed by atoms with Crippen LogP contribution in [0.25, 0.3) is 10.3 Å². The number of carbonyl (C=O) groups is 1. The van der Waals surface area contributed by atoms with E-state index in [1.807, 2.05) is 32.0 Å². The number of amides is 1. The fraction of sp³-hybridized carbons (Fsp3) is 0.478. The highest BCUT2D eigenvalue weighted by Gasteiger charge is 2.22. The van der Waals surface area contributed by atoms with Gasteiger partial charge in [0.1, 0.15) is 10.4 Å². The van der Waals surface area contributed by atoms with Crippen molar-refractivity contribution in [2.45, 2.75) is 45.3 Å². The minimum Gasteiger partial charge on any atom is -0.492 e. The Morgan fingerprint density at radius 1 is 1.24 bits per heavy atom. The lowest BCUT2D eigenvalue weighted by Gasteiger charge is -2.29. The highest BCUT2D eigenvalue weighted by molar-refractivity contribution is 7.99. The molecule has 3 aromatic rings. The molecule has 1 aliphatic rings. The van der Waals surface area contributed by atoms with E-state index in [4.69, 9.17) is 4.74 Å². The minimum atomic E-state index is -0.189. The first-order valence-electron chi connectivity index (χ1n) is 11.3. The Bertz CT molecular complexity index is 1180. The smallest absolute Gasteiger partial charge is 0.273 e. The van der Waals surface area contributed by atoms with Crippen molar-refractivity contribution in [3.63, 3.8) is 0 Å². The second-order valence-corrected chi connectivity index (χ2v) is 9.95. The van der Waals surface area contributed by atoms with Crippen molar-refractivity contribution in [3.05, 3.63) is 34.6 Å². The molecule has 0 atom stereocenters. The van der Waals surface area contributed by atoms with E-state index in [2.05, 4.69) is 27.1 Å². The SMILES string of the molecule is CCOc1ccccc1NC(=O)CSc1nc2nc(N3CCC(C)CC3)sc2c(=O)n1CC. The third kappa shape index (κ3) is 5.33. The number of carbonyl (C=O) groups excluding carboxylic acids is 1. The van der Waals surface area contributed by atoms with Crippen molar-refractivity contribution in [2.75, 3.05) is 35.7 Å². The van der Waals surface area contributed by atoms with Gasteiger partial charge in [-0.2, -0.15) is 4.98 Å². The van der Waals surface area contributed by atoms with E-state index in [1.165, 1.54) is 23.1 Å². The zero-order valence-corrected chi connectivity index (χ0v) is 20.8. The normalized spacial score (nSPS) is 14.6. The molecular formula is C23H29N5O3S2. The Balaban J connectivity index is 1.51. The number of piperidine rings is 1. The zero-order chi connectivity index (χ0) is 23.4. The summed E-state index contributed by atoms with van der Waals surface area (Å²) < 4.78 is 7.76. The van der Waals surface area contributed by atoms with Crippen LogP contribution in [0.3, 0.4) is 0 Å². The number of para-hydroxylation sites is 2. The van der Waals surface area contributed by atoms with Crippen molar-refractivity contribution in [1.29, 1.82) is 0 Å². The summed E-state index contributed by atoms with van der Waals surface area (Å²) in [6.45, 7) is 8.98. The van der Waals surface area contributed by atoms with Gasteiger partial charge in [-0.15, -0.1) is 0 Å². The molecule has 0 radical (unpaired) electrons. The molecule has 1 amide bonds. The van der Waals surface area contributed by atoms with Crippen molar-refractivity contribution in [2.24, 2.45) is 5.92 Å². The van der Waals surface area contributed by atoms with Gasteiger partial charge < -0.3 is 15.0 Å². The molecule has 3 heterocycles. The second kappa shape index (κ2) is 10.6. The predicted octanol–water partition coefficient (Wildman–Crippen LogP) is 4.24. The Hall–Kier alpha value is -2.59. The first-order chi connectivity index (χ1) is 16.0. The average molecular weight is 488 g/mol. The molecule has 8 nitrogen and oxygen atoms in total. The number of thioether (sulfide) groups is 1. The fourth-order valence-electron chi connectivity index (χ4n) is 3.77. The Labute approximate surface area is 201 Å². The number of anilines is 2. The Morgan fingerprint density at radius 3 is 2.73 bits per heavy atom. The lowest BCUT2D eigenvalue weighted by atomic mass is 10.00. The summed E-state index contributed by atoms with van der Waals surface area (Å²) in [5, 5.41) is 4.25. The van der Waals surface area contributed by atoms with Crippen LogP contribution in [0.4, 0.5) is 10.8 Å². The van der Waals surface area contributed by atoms with Gasteiger partial charge in [0, 0.05) is 19.6 Å². The maximum absolute atomic E-state index is 13.1. The van der Waals surface area contributed by atoms with Gasteiger partial charge in [0.05, 0.1) is 18.0 Å². The van der Waals surface area contributed by atoms with Crippen LogP contribution in [0.15, 0.2) is 34.2 Å². The maximum Gasteiger partial charge on any atom is 0.273 e. The van der Waals surface area contributed by atoms with Crippen molar-refractivity contribution < 1.29 is 9.53 Å². The number of rotatable bonds is 8. The van der Waals surface area contributed by atoms with Crippen LogP contribution < -0.4 is 20.5 Å². The zero-order valence-electron chi connectivity index (χ0n) is 19.2. The van der Waals surface area contributed by atoms with Gasteiger partial charge in [-0.3, -0.25) is 14.2 Å². The number of ether oxygens (including phenoxy) is 1. The van der Waals surface area contributed by atoms with E-state index in [1.54, 1.807) is 10.6 Å². The molecule has 1 N–H and O–H groups in total. The molecule has 4 rings (SSSR count). The minimum absolute atomic E-state index is 0.0961. The first-order valence-corrected chi connectivity index (χ1v) is 13.1. The van der Waals surface area contributed by atoms with E-state index in [0.717, 1.165) is 37.0 Å². The number of fused-ring (bicyclic) bond motifs is 1. The van der Waals surface area contributed by atoms with Gasteiger partial charge in [-0.1, -0.05) is 42.2 Å². The predicted molar refractivity (Wildman–Crippen MR) is 135 cm³/mol. The van der Waals surface area contributed by atoms with E-state index in [-0.39, 0.29) is 17.2 Å². The molecule has 176 valence electrons. The summed E-state index contributed by atoms with van der Waals surface area (Å²) in [5.74, 6) is 1.29. The lowest BCUT2D eigenvalue weighted by molar-refractivity contribution is -0.113. The summed E-state index contributed by atoms with van der Waals surface area (Å²) in [6.07, 6.45) is 2.26. The van der Waals surface area contributed by atoms with Gasteiger partial charge in [0.25, 0.3) is 5.56 Å². The molecule has 33 heavy (non-hydrogen) atoms. The van der Waals surface area contributed by atoms with Crippen LogP contribution in [0.5, 0.6) is 5.75 Å². The van der Waals surface area contributed by atoms with E-state index >= 15 is 0 Å². The van der Waals surface area contributed by atoms with Gasteiger partial charge in [0.15, 0.2) is 15.9 Å². The molecule has 1 aromatic carbocycles. The molecule has 1 fully saturated rings. The summed E-state index contributed by atoms with van der Waals surface area (Å²) in [5.41, 5.74) is 0.996. The molecule has 0 saturated carbocycles. The van der Waals surface area contributed by atoms with Crippen molar-refractivity contribution in [3.8, 4) is 5.75 Å². The number of aromatic nitrogens is 3. The number of thiazole rings is 1. The number of benzene rings is 1. The van der Waals surface area contributed by atoms with Crippen LogP contribution in [0, 0.1) is 5.92 Å². The molecule has 2 aromatic heterocycles. The number of nitrogens with zero attached hydrogens (tertiary/aromatic N) is 4. The summed E-state index contributed by atoms with van der Waals surface area (Å²) in [7, 11) is 0. The first kappa shape index (κ1) is 23.6. The van der Waals surface area contributed by atoms with Crippen LogP contribution in [-0.4, -0.2) is 45.9 Å².